The summed E-state index contributed by atoms with van der Waals surface area (Å²) < 4.78 is 0. The van der Waals surface area contributed by atoms with Crippen LogP contribution in [0.2, 0.25) is 0 Å². The molecule has 0 spiro atoms. The topological polar surface area (TPSA) is 62.1 Å². The number of hydrogen-bond acceptors (Lipinski definition) is 4. The first kappa shape index (κ1) is 19.6. The first-order valence-corrected chi connectivity index (χ1v) is 10.5. The molecule has 1 aliphatic carbocycles. The van der Waals surface area contributed by atoms with Crippen molar-refractivity contribution in [3.05, 3.63) is 70.8 Å². The van der Waals surface area contributed by atoms with Crippen LogP contribution in [-0.4, -0.2) is 48.4 Å². The Kier molecular flexibility index (Phi) is 6.25. The number of carbonyl (C=O) groups is 1. The standard InChI is InChI=1S/C24H28N2O3/c27-24(28)20-8-5-13-26(17-20)14-15-29-25-16-23-21-9-3-1-6-18(21)11-12-19-7-2-4-10-22(19)23/h1-4,6-7,9-10,16,20,23H,5,8,11-15,17H2,(H,27,28)/b25-16+/t20-/m1/s1. The zero-order valence-electron chi connectivity index (χ0n) is 16.7. The monoisotopic (exact) mass is 392 g/mol. The number of carboxylic acids is 1. The Bertz CT molecular complexity index is 832. The van der Waals surface area contributed by atoms with Crippen LogP contribution < -0.4 is 0 Å². The maximum absolute atomic E-state index is 11.2. The average Bonchev–Trinajstić information content (AvgIpc) is 2.91. The van der Waals surface area contributed by atoms with Gasteiger partial charge in [0.15, 0.2) is 0 Å². The summed E-state index contributed by atoms with van der Waals surface area (Å²) in [5.41, 5.74) is 5.33. The minimum atomic E-state index is -0.695. The Balaban J connectivity index is 1.40. The molecule has 2 aliphatic rings. The summed E-state index contributed by atoms with van der Waals surface area (Å²) in [6.07, 6.45) is 5.69. The molecule has 4 rings (SSSR count). The number of benzene rings is 2. The van der Waals surface area contributed by atoms with Gasteiger partial charge in [-0.05, 0) is 54.5 Å². The molecule has 1 fully saturated rings. The number of nitrogens with zero attached hydrogens (tertiary/aromatic N) is 2. The molecule has 1 saturated heterocycles. The van der Waals surface area contributed by atoms with Crippen molar-refractivity contribution in [2.75, 3.05) is 26.2 Å². The van der Waals surface area contributed by atoms with E-state index in [0.717, 1.165) is 32.2 Å². The first-order chi connectivity index (χ1) is 14.2. The number of fused-ring (bicyclic) bond motifs is 2. The summed E-state index contributed by atoms with van der Waals surface area (Å²) in [4.78, 5) is 18.9. The number of piperidine rings is 1. The second kappa shape index (κ2) is 9.23. The molecule has 2 aromatic rings. The van der Waals surface area contributed by atoms with Crippen molar-refractivity contribution in [1.29, 1.82) is 0 Å². The highest BCUT2D eigenvalue weighted by Gasteiger charge is 2.25. The molecule has 0 amide bonds. The van der Waals surface area contributed by atoms with Crippen LogP contribution in [0.15, 0.2) is 53.7 Å². The molecule has 1 atom stereocenters. The predicted molar refractivity (Wildman–Crippen MR) is 113 cm³/mol. The van der Waals surface area contributed by atoms with Crippen LogP contribution in [0.1, 0.15) is 41.0 Å². The van der Waals surface area contributed by atoms with Crippen molar-refractivity contribution < 1.29 is 14.7 Å². The Morgan fingerprint density at radius 2 is 1.76 bits per heavy atom. The first-order valence-electron chi connectivity index (χ1n) is 10.5. The van der Waals surface area contributed by atoms with Gasteiger partial charge < -0.3 is 9.94 Å². The Morgan fingerprint density at radius 3 is 2.41 bits per heavy atom. The molecule has 5 heteroatoms. The van der Waals surface area contributed by atoms with Crippen LogP contribution in [0.25, 0.3) is 0 Å². The average molecular weight is 392 g/mol. The lowest BCUT2D eigenvalue weighted by Gasteiger charge is -2.29. The third-order valence-electron chi connectivity index (χ3n) is 6.08. The summed E-state index contributed by atoms with van der Waals surface area (Å²) in [5, 5.41) is 13.5. The van der Waals surface area contributed by atoms with Crippen molar-refractivity contribution in [3.8, 4) is 0 Å². The largest absolute Gasteiger partial charge is 0.481 e. The predicted octanol–water partition coefficient (Wildman–Crippen LogP) is 3.72. The number of likely N-dealkylation sites (tertiary alicyclic amines) is 1. The molecule has 5 nitrogen and oxygen atoms in total. The van der Waals surface area contributed by atoms with Crippen molar-refractivity contribution in [1.82, 2.24) is 4.90 Å². The number of oxime groups is 1. The lowest BCUT2D eigenvalue weighted by atomic mass is 9.89. The van der Waals surface area contributed by atoms with E-state index in [9.17, 15) is 9.90 Å². The Labute approximate surface area is 172 Å². The van der Waals surface area contributed by atoms with E-state index in [4.69, 9.17) is 4.84 Å². The summed E-state index contributed by atoms with van der Waals surface area (Å²) in [6, 6.07) is 17.2. The minimum absolute atomic E-state index is 0.0938. The maximum Gasteiger partial charge on any atom is 0.307 e. The normalized spacial score (nSPS) is 20.1. The Morgan fingerprint density at radius 1 is 1.10 bits per heavy atom. The highest BCUT2D eigenvalue weighted by atomic mass is 16.6. The molecule has 1 heterocycles. The number of aliphatic carboxylic acids is 1. The van der Waals surface area contributed by atoms with Gasteiger partial charge in [-0.3, -0.25) is 9.69 Å². The summed E-state index contributed by atoms with van der Waals surface area (Å²) in [6.45, 7) is 2.71. The van der Waals surface area contributed by atoms with Gasteiger partial charge in [-0.25, -0.2) is 0 Å². The molecule has 152 valence electrons. The molecular formula is C24H28N2O3. The smallest absolute Gasteiger partial charge is 0.307 e. The van der Waals surface area contributed by atoms with E-state index in [1.807, 2.05) is 6.21 Å². The minimum Gasteiger partial charge on any atom is -0.481 e. The molecule has 0 bridgehead atoms. The highest BCUT2D eigenvalue weighted by Crippen LogP contribution is 2.33. The van der Waals surface area contributed by atoms with Crippen LogP contribution in [0, 0.1) is 5.92 Å². The van der Waals surface area contributed by atoms with Gasteiger partial charge in [-0.15, -0.1) is 0 Å². The summed E-state index contributed by atoms with van der Waals surface area (Å²) in [5.74, 6) is -0.859. The van der Waals surface area contributed by atoms with Crippen molar-refractivity contribution in [3.63, 3.8) is 0 Å². The van der Waals surface area contributed by atoms with Crippen LogP contribution in [0.5, 0.6) is 0 Å². The van der Waals surface area contributed by atoms with Gasteiger partial charge in [0.05, 0.1) is 12.1 Å². The van der Waals surface area contributed by atoms with E-state index in [2.05, 4.69) is 58.6 Å². The number of aryl methyl sites for hydroxylation is 2. The molecule has 0 unspecified atom stereocenters. The van der Waals surface area contributed by atoms with E-state index in [-0.39, 0.29) is 11.8 Å². The fraction of sp³-hybridized carbons (Fsp3) is 0.417. The van der Waals surface area contributed by atoms with Crippen LogP contribution >= 0.6 is 0 Å². The van der Waals surface area contributed by atoms with Crippen LogP contribution in [0.3, 0.4) is 0 Å². The zero-order valence-corrected chi connectivity index (χ0v) is 16.7. The van der Waals surface area contributed by atoms with Gasteiger partial charge in [-0.2, -0.15) is 0 Å². The SMILES string of the molecule is O=C(O)[C@@H]1CCCN(CCO/N=C/C2c3ccccc3CCc3ccccc32)C1. The van der Waals surface area contributed by atoms with Crippen molar-refractivity contribution in [2.45, 2.75) is 31.6 Å². The van der Waals surface area contributed by atoms with E-state index >= 15 is 0 Å². The van der Waals surface area contributed by atoms with E-state index in [1.54, 1.807) is 0 Å². The molecule has 0 radical (unpaired) electrons. The summed E-state index contributed by atoms with van der Waals surface area (Å²) in [7, 11) is 0. The lowest BCUT2D eigenvalue weighted by molar-refractivity contribution is -0.143. The van der Waals surface area contributed by atoms with E-state index in [0.29, 0.717) is 19.7 Å². The second-order valence-electron chi connectivity index (χ2n) is 7.94. The molecule has 1 N–H and O–H groups in total. The molecule has 1 aliphatic heterocycles. The summed E-state index contributed by atoms with van der Waals surface area (Å²) >= 11 is 0. The molecule has 29 heavy (non-hydrogen) atoms. The molecule has 0 aromatic heterocycles. The zero-order chi connectivity index (χ0) is 20.1. The van der Waals surface area contributed by atoms with Gasteiger partial charge >= 0.3 is 5.97 Å². The van der Waals surface area contributed by atoms with E-state index in [1.165, 1.54) is 22.3 Å². The molecule has 2 aromatic carbocycles. The van der Waals surface area contributed by atoms with Gasteiger partial charge in [0, 0.05) is 19.0 Å². The van der Waals surface area contributed by atoms with Gasteiger partial charge in [-0.1, -0.05) is 53.7 Å². The molecule has 0 saturated carbocycles. The van der Waals surface area contributed by atoms with Crippen LogP contribution in [0.4, 0.5) is 0 Å². The van der Waals surface area contributed by atoms with Gasteiger partial charge in [0.25, 0.3) is 0 Å². The van der Waals surface area contributed by atoms with Crippen molar-refractivity contribution in [2.24, 2.45) is 11.1 Å². The fourth-order valence-corrected chi connectivity index (χ4v) is 4.51. The number of hydrogen-bond donors (Lipinski definition) is 1. The van der Waals surface area contributed by atoms with Gasteiger partial charge in [0.1, 0.15) is 6.61 Å². The Hall–Kier alpha value is -2.66. The van der Waals surface area contributed by atoms with Crippen molar-refractivity contribution >= 4 is 12.2 Å². The third-order valence-corrected chi connectivity index (χ3v) is 6.08. The van der Waals surface area contributed by atoms with Crippen LogP contribution in [-0.2, 0) is 22.5 Å². The second-order valence-corrected chi connectivity index (χ2v) is 7.94. The molecular weight excluding hydrogens is 364 g/mol. The van der Waals surface area contributed by atoms with E-state index < -0.39 is 5.97 Å². The maximum atomic E-state index is 11.2. The number of carboxylic acid groups (broad SMARTS) is 1. The fourth-order valence-electron chi connectivity index (χ4n) is 4.51. The van der Waals surface area contributed by atoms with Gasteiger partial charge in [0.2, 0.25) is 0 Å². The quantitative estimate of drug-likeness (QED) is 0.462. The number of rotatable bonds is 6. The highest BCUT2D eigenvalue weighted by molar-refractivity contribution is 5.75. The lowest BCUT2D eigenvalue weighted by Crippen LogP contribution is -2.40. The third kappa shape index (κ3) is 4.67.